The highest BCUT2D eigenvalue weighted by molar-refractivity contribution is 8.16. The Bertz CT molecular complexity index is 446. The summed E-state index contributed by atoms with van der Waals surface area (Å²) in [4.78, 5) is 2.71. The van der Waals surface area contributed by atoms with Crippen molar-refractivity contribution in [2.24, 2.45) is 0 Å². The van der Waals surface area contributed by atoms with E-state index in [0.717, 1.165) is 5.08 Å². The lowest BCUT2D eigenvalue weighted by Crippen LogP contribution is -1.81. The molecule has 2 aromatic rings. The smallest absolute Gasteiger partial charge is 0.0487 e. The molecule has 0 N–H and O–H groups in total. The van der Waals surface area contributed by atoms with Crippen LogP contribution in [0.5, 0.6) is 0 Å². The van der Waals surface area contributed by atoms with Gasteiger partial charge in [0.15, 0.2) is 0 Å². The Morgan fingerprint density at radius 3 is 2.73 bits per heavy atom. The van der Waals surface area contributed by atoms with Gasteiger partial charge in [0.05, 0.1) is 0 Å². The molecule has 3 rings (SSSR count). The standard InChI is InChI=1S/C13H9S2/c1-3-7-12-10(5-1)11-6-2-4-8-13(11)15-9-14-12/h1-5,7-8H,9H2. The summed E-state index contributed by atoms with van der Waals surface area (Å²) in [6.45, 7) is 0. The fraction of sp³-hybridized carbons (Fsp3) is 0.0769. The van der Waals surface area contributed by atoms with Gasteiger partial charge < -0.3 is 0 Å². The molecule has 2 heteroatoms. The van der Waals surface area contributed by atoms with Crippen molar-refractivity contribution >= 4 is 23.5 Å². The van der Waals surface area contributed by atoms with E-state index >= 15 is 0 Å². The van der Waals surface area contributed by atoms with Gasteiger partial charge in [-0.2, -0.15) is 0 Å². The van der Waals surface area contributed by atoms with Crippen molar-refractivity contribution < 1.29 is 0 Å². The monoisotopic (exact) mass is 229 g/mol. The first-order valence-corrected chi connectivity index (χ1v) is 6.78. The molecule has 0 saturated heterocycles. The van der Waals surface area contributed by atoms with Crippen molar-refractivity contribution in [3.05, 3.63) is 48.5 Å². The van der Waals surface area contributed by atoms with Gasteiger partial charge in [0, 0.05) is 20.4 Å². The summed E-state index contributed by atoms with van der Waals surface area (Å²) in [5.74, 6) is 0. The Morgan fingerprint density at radius 1 is 0.933 bits per heavy atom. The Balaban J connectivity index is 2.27. The molecule has 1 radical (unpaired) electrons. The molecule has 1 aliphatic heterocycles. The zero-order chi connectivity index (χ0) is 10.1. The molecule has 0 atom stereocenters. The van der Waals surface area contributed by atoms with E-state index in [2.05, 4.69) is 42.5 Å². The highest BCUT2D eigenvalue weighted by atomic mass is 32.2. The summed E-state index contributed by atoms with van der Waals surface area (Å²) >= 11 is 3.81. The van der Waals surface area contributed by atoms with Crippen LogP contribution in [0.2, 0.25) is 0 Å². The van der Waals surface area contributed by atoms with Crippen molar-refractivity contribution in [3.63, 3.8) is 0 Å². The van der Waals surface area contributed by atoms with Crippen LogP contribution < -0.4 is 0 Å². The molecule has 0 unspecified atom stereocenters. The summed E-state index contributed by atoms with van der Waals surface area (Å²) < 4.78 is 0. The molecule has 0 bridgehead atoms. The Kier molecular flexibility index (Phi) is 2.47. The Morgan fingerprint density at radius 2 is 1.73 bits per heavy atom. The van der Waals surface area contributed by atoms with Gasteiger partial charge in [0.25, 0.3) is 0 Å². The molecular weight excluding hydrogens is 220 g/mol. The van der Waals surface area contributed by atoms with Gasteiger partial charge in [-0.15, -0.1) is 23.5 Å². The lowest BCUT2D eigenvalue weighted by Gasteiger charge is -2.06. The van der Waals surface area contributed by atoms with Crippen molar-refractivity contribution in [3.8, 4) is 11.1 Å². The normalized spacial score (nSPS) is 13.9. The molecule has 0 aliphatic carbocycles. The van der Waals surface area contributed by atoms with Gasteiger partial charge >= 0.3 is 0 Å². The van der Waals surface area contributed by atoms with Crippen molar-refractivity contribution in [1.82, 2.24) is 0 Å². The van der Waals surface area contributed by atoms with Gasteiger partial charge in [-0.3, -0.25) is 0 Å². The minimum absolute atomic E-state index is 1.09. The van der Waals surface area contributed by atoms with E-state index in [1.807, 2.05) is 29.6 Å². The van der Waals surface area contributed by atoms with Gasteiger partial charge in [0.2, 0.25) is 0 Å². The van der Waals surface area contributed by atoms with Crippen LogP contribution in [0.15, 0.2) is 52.3 Å². The van der Waals surface area contributed by atoms with Crippen LogP contribution in [0, 0.1) is 6.07 Å². The molecule has 1 heterocycles. The zero-order valence-corrected chi connectivity index (χ0v) is 9.70. The van der Waals surface area contributed by atoms with E-state index in [9.17, 15) is 0 Å². The third kappa shape index (κ3) is 1.68. The second-order valence-electron chi connectivity index (χ2n) is 3.31. The fourth-order valence-corrected chi connectivity index (χ4v) is 3.95. The van der Waals surface area contributed by atoms with Crippen LogP contribution in [0.3, 0.4) is 0 Å². The molecule has 1 aliphatic rings. The highest BCUT2D eigenvalue weighted by Crippen LogP contribution is 2.42. The van der Waals surface area contributed by atoms with Crippen LogP contribution in [-0.2, 0) is 0 Å². The van der Waals surface area contributed by atoms with E-state index in [1.165, 1.54) is 20.9 Å². The van der Waals surface area contributed by atoms with E-state index in [0.29, 0.717) is 0 Å². The molecule has 2 aromatic carbocycles. The SMILES string of the molecule is [c]1cccc2c1-c1ccccc1SCS2. The highest BCUT2D eigenvalue weighted by Gasteiger charge is 2.13. The second kappa shape index (κ2) is 3.95. The predicted molar refractivity (Wildman–Crippen MR) is 67.3 cm³/mol. The number of fused-ring (bicyclic) bond motifs is 3. The van der Waals surface area contributed by atoms with E-state index in [1.54, 1.807) is 0 Å². The number of rotatable bonds is 0. The van der Waals surface area contributed by atoms with E-state index < -0.39 is 0 Å². The van der Waals surface area contributed by atoms with Gasteiger partial charge in [0.1, 0.15) is 0 Å². The number of benzene rings is 2. The third-order valence-corrected chi connectivity index (χ3v) is 4.66. The average Bonchev–Trinajstić information content (AvgIpc) is 2.48. The Hall–Kier alpha value is -0.860. The summed E-state index contributed by atoms with van der Waals surface area (Å²) in [6.07, 6.45) is 0. The number of hydrogen-bond acceptors (Lipinski definition) is 2. The maximum atomic E-state index is 3.35. The topological polar surface area (TPSA) is 0 Å². The predicted octanol–water partition coefficient (Wildman–Crippen LogP) is 4.31. The molecule has 0 saturated carbocycles. The first kappa shape index (κ1) is 9.37. The Labute approximate surface area is 98.1 Å². The number of thioether (sulfide) groups is 2. The molecular formula is C13H9S2. The third-order valence-electron chi connectivity index (χ3n) is 2.40. The fourth-order valence-electron chi connectivity index (χ4n) is 1.71. The largest absolute Gasteiger partial charge is 0.114 e. The lowest BCUT2D eigenvalue weighted by molar-refractivity contribution is 1.38. The minimum atomic E-state index is 1.09. The first-order valence-electron chi connectivity index (χ1n) is 4.81. The maximum Gasteiger partial charge on any atom is 0.0487 e. The second-order valence-corrected chi connectivity index (χ2v) is 5.71. The average molecular weight is 229 g/mol. The summed E-state index contributed by atoms with van der Waals surface area (Å²) in [5.41, 5.74) is 2.58. The molecule has 0 nitrogen and oxygen atoms in total. The van der Waals surface area contributed by atoms with Gasteiger partial charge in [-0.1, -0.05) is 30.3 Å². The zero-order valence-electron chi connectivity index (χ0n) is 8.07. The quantitative estimate of drug-likeness (QED) is 0.660. The molecule has 15 heavy (non-hydrogen) atoms. The van der Waals surface area contributed by atoms with Crippen LogP contribution in [-0.4, -0.2) is 5.08 Å². The maximum absolute atomic E-state index is 3.35. The summed E-state index contributed by atoms with van der Waals surface area (Å²) in [5, 5.41) is 1.09. The molecule has 0 spiro atoms. The van der Waals surface area contributed by atoms with Crippen molar-refractivity contribution in [2.75, 3.05) is 5.08 Å². The number of hydrogen-bond donors (Lipinski definition) is 0. The van der Waals surface area contributed by atoms with Crippen LogP contribution in [0.4, 0.5) is 0 Å². The molecule has 0 aromatic heterocycles. The van der Waals surface area contributed by atoms with Crippen LogP contribution >= 0.6 is 23.5 Å². The summed E-state index contributed by atoms with van der Waals surface area (Å²) in [7, 11) is 0. The molecule has 0 amide bonds. The van der Waals surface area contributed by atoms with Crippen molar-refractivity contribution in [2.45, 2.75) is 9.79 Å². The van der Waals surface area contributed by atoms with E-state index in [4.69, 9.17) is 0 Å². The lowest BCUT2D eigenvalue weighted by atomic mass is 10.1. The van der Waals surface area contributed by atoms with Gasteiger partial charge in [-0.25, -0.2) is 0 Å². The van der Waals surface area contributed by atoms with Crippen LogP contribution in [0.1, 0.15) is 0 Å². The van der Waals surface area contributed by atoms with E-state index in [-0.39, 0.29) is 0 Å². The minimum Gasteiger partial charge on any atom is -0.114 e. The summed E-state index contributed by atoms with van der Waals surface area (Å²) in [6, 6.07) is 18.2. The first-order chi connectivity index (χ1) is 7.45. The van der Waals surface area contributed by atoms with Crippen LogP contribution in [0.25, 0.3) is 11.1 Å². The molecule has 0 fully saturated rings. The van der Waals surface area contributed by atoms with Crippen molar-refractivity contribution in [1.29, 1.82) is 0 Å². The molecule has 73 valence electrons. The van der Waals surface area contributed by atoms with Gasteiger partial charge in [-0.05, 0) is 23.8 Å².